The van der Waals surface area contributed by atoms with Crippen LogP contribution in [-0.4, -0.2) is 43.0 Å². The number of hydrogen-bond donors (Lipinski definition) is 0. The van der Waals surface area contributed by atoms with Gasteiger partial charge in [-0.3, -0.25) is 9.78 Å². The van der Waals surface area contributed by atoms with Crippen molar-refractivity contribution in [2.24, 2.45) is 0 Å². The van der Waals surface area contributed by atoms with E-state index in [2.05, 4.69) is 15.1 Å². The van der Waals surface area contributed by atoms with Crippen LogP contribution >= 0.6 is 0 Å². The molecule has 1 amide bonds. The third kappa shape index (κ3) is 4.87. The average Bonchev–Trinajstić information content (AvgIpc) is 3.54. The molecule has 0 radical (unpaired) electrons. The Morgan fingerprint density at radius 2 is 1.85 bits per heavy atom. The van der Waals surface area contributed by atoms with Gasteiger partial charge in [-0.25, -0.2) is 9.50 Å². The molecule has 0 spiro atoms. The lowest BCUT2D eigenvalue weighted by Crippen LogP contribution is -2.38. The molecule has 1 aliphatic rings. The summed E-state index contributed by atoms with van der Waals surface area (Å²) in [5.74, 6) is 0.812. The highest BCUT2D eigenvalue weighted by Crippen LogP contribution is 2.27. The first kappa shape index (κ1) is 21.1. The predicted molar refractivity (Wildman–Crippen MR) is 125 cm³/mol. The summed E-state index contributed by atoms with van der Waals surface area (Å²) < 4.78 is 7.53. The molecule has 1 saturated carbocycles. The molecule has 0 aliphatic heterocycles. The number of carbonyl (C=O) groups is 1. The van der Waals surface area contributed by atoms with Crippen molar-refractivity contribution in [3.63, 3.8) is 0 Å². The molecule has 5 rings (SSSR count). The van der Waals surface area contributed by atoms with Crippen LogP contribution in [0.5, 0.6) is 5.75 Å². The van der Waals surface area contributed by atoms with E-state index in [4.69, 9.17) is 4.74 Å². The number of carbonyl (C=O) groups excluding carboxylic acids is 1. The van der Waals surface area contributed by atoms with Gasteiger partial charge in [0.05, 0.1) is 12.8 Å². The Hall–Kier alpha value is -3.74. The normalized spacial score (nSPS) is 13.9. The highest BCUT2D eigenvalue weighted by Gasteiger charge is 2.29. The second-order valence-corrected chi connectivity index (χ2v) is 8.38. The Morgan fingerprint density at radius 3 is 2.64 bits per heavy atom. The second-order valence-electron chi connectivity index (χ2n) is 8.38. The summed E-state index contributed by atoms with van der Waals surface area (Å²) in [7, 11) is 0. The Kier molecular flexibility index (Phi) is 6.28. The molecule has 7 heteroatoms. The summed E-state index contributed by atoms with van der Waals surface area (Å²) in [6, 6.07) is 16.0. The third-order valence-electron chi connectivity index (χ3n) is 6.17. The van der Waals surface area contributed by atoms with Crippen LogP contribution in [0, 0.1) is 0 Å². The molecule has 0 saturated heterocycles. The molecule has 33 heavy (non-hydrogen) atoms. The maximum atomic E-state index is 13.6. The Bertz CT molecular complexity index is 1200. The highest BCUT2D eigenvalue weighted by atomic mass is 16.5. The molecule has 1 fully saturated rings. The number of amides is 1. The Balaban J connectivity index is 1.27. The average molecular weight is 442 g/mol. The SMILES string of the molecule is O=C(c1cnn2cccnc12)N(Cc1ccc(OCCc2ccccn2)cc1)C1CCCC1. The number of aromatic nitrogens is 4. The van der Waals surface area contributed by atoms with Gasteiger partial charge in [0, 0.05) is 43.3 Å². The van der Waals surface area contributed by atoms with Crippen molar-refractivity contribution in [2.75, 3.05) is 6.61 Å². The number of fused-ring (bicyclic) bond motifs is 1. The second kappa shape index (κ2) is 9.81. The van der Waals surface area contributed by atoms with Gasteiger partial charge in [0.15, 0.2) is 5.65 Å². The lowest BCUT2D eigenvalue weighted by atomic mass is 10.1. The van der Waals surface area contributed by atoms with Gasteiger partial charge < -0.3 is 9.64 Å². The topological polar surface area (TPSA) is 72.6 Å². The fourth-order valence-electron chi connectivity index (χ4n) is 4.42. The van der Waals surface area contributed by atoms with Crippen LogP contribution in [-0.2, 0) is 13.0 Å². The van der Waals surface area contributed by atoms with Crippen molar-refractivity contribution < 1.29 is 9.53 Å². The van der Waals surface area contributed by atoms with E-state index < -0.39 is 0 Å². The molecule has 4 aromatic rings. The van der Waals surface area contributed by atoms with E-state index in [1.54, 1.807) is 23.1 Å². The fraction of sp³-hybridized carbons (Fsp3) is 0.308. The van der Waals surface area contributed by atoms with E-state index in [-0.39, 0.29) is 11.9 Å². The molecule has 3 aromatic heterocycles. The van der Waals surface area contributed by atoms with Crippen molar-refractivity contribution >= 4 is 11.6 Å². The van der Waals surface area contributed by atoms with Gasteiger partial charge in [0.25, 0.3) is 5.91 Å². The fourth-order valence-corrected chi connectivity index (χ4v) is 4.42. The van der Waals surface area contributed by atoms with E-state index in [0.717, 1.165) is 49.1 Å². The Labute approximate surface area is 193 Å². The first-order valence-corrected chi connectivity index (χ1v) is 11.5. The molecule has 1 aromatic carbocycles. The Morgan fingerprint density at radius 1 is 1.03 bits per heavy atom. The lowest BCUT2D eigenvalue weighted by Gasteiger charge is -2.29. The molecule has 7 nitrogen and oxygen atoms in total. The molecular formula is C26H27N5O2. The summed E-state index contributed by atoms with van der Waals surface area (Å²) in [4.78, 5) is 24.2. The van der Waals surface area contributed by atoms with Gasteiger partial charge >= 0.3 is 0 Å². The van der Waals surface area contributed by atoms with Crippen LogP contribution in [0.2, 0.25) is 0 Å². The molecule has 1 aliphatic carbocycles. The number of pyridine rings is 1. The standard InChI is InChI=1S/C26H27N5O2/c32-26(24-18-29-31-16-5-15-28-25(24)31)30(22-7-1-2-8-22)19-20-9-11-23(12-10-20)33-17-13-21-6-3-4-14-27-21/h3-6,9-12,14-16,18,22H,1-2,7-8,13,17,19H2. The van der Waals surface area contributed by atoms with Crippen LogP contribution in [0.4, 0.5) is 0 Å². The zero-order valence-corrected chi connectivity index (χ0v) is 18.5. The van der Waals surface area contributed by atoms with Crippen LogP contribution in [0.1, 0.15) is 47.3 Å². The maximum Gasteiger partial charge on any atom is 0.259 e. The predicted octanol–water partition coefficient (Wildman–Crippen LogP) is 4.33. The zero-order valence-electron chi connectivity index (χ0n) is 18.5. The molecular weight excluding hydrogens is 414 g/mol. The zero-order chi connectivity index (χ0) is 22.5. The summed E-state index contributed by atoms with van der Waals surface area (Å²) >= 11 is 0. The van der Waals surface area contributed by atoms with Crippen LogP contribution in [0.3, 0.4) is 0 Å². The number of rotatable bonds is 8. The van der Waals surface area contributed by atoms with E-state index in [1.807, 2.05) is 59.6 Å². The molecule has 0 atom stereocenters. The van der Waals surface area contributed by atoms with Gasteiger partial charge in [-0.2, -0.15) is 5.10 Å². The van der Waals surface area contributed by atoms with Crippen molar-refractivity contribution in [1.29, 1.82) is 0 Å². The lowest BCUT2D eigenvalue weighted by molar-refractivity contribution is 0.0666. The van der Waals surface area contributed by atoms with Gasteiger partial charge in [0.2, 0.25) is 0 Å². The van der Waals surface area contributed by atoms with E-state index in [0.29, 0.717) is 24.4 Å². The third-order valence-corrected chi connectivity index (χ3v) is 6.17. The molecule has 0 bridgehead atoms. The number of hydrogen-bond acceptors (Lipinski definition) is 5. The minimum absolute atomic E-state index is 0.00807. The molecule has 0 unspecified atom stereocenters. The number of benzene rings is 1. The minimum Gasteiger partial charge on any atom is -0.493 e. The van der Waals surface area contributed by atoms with Crippen molar-refractivity contribution in [3.8, 4) is 5.75 Å². The summed E-state index contributed by atoms with van der Waals surface area (Å²) in [5.41, 5.74) is 3.25. The first-order valence-electron chi connectivity index (χ1n) is 11.5. The monoisotopic (exact) mass is 441 g/mol. The van der Waals surface area contributed by atoms with Crippen LogP contribution < -0.4 is 4.74 Å². The smallest absolute Gasteiger partial charge is 0.259 e. The van der Waals surface area contributed by atoms with Crippen molar-refractivity contribution in [3.05, 3.63) is 90.1 Å². The minimum atomic E-state index is -0.00807. The van der Waals surface area contributed by atoms with E-state index in [1.165, 1.54) is 0 Å². The number of nitrogens with zero attached hydrogens (tertiary/aromatic N) is 5. The van der Waals surface area contributed by atoms with E-state index >= 15 is 0 Å². The van der Waals surface area contributed by atoms with Crippen molar-refractivity contribution in [2.45, 2.75) is 44.7 Å². The highest BCUT2D eigenvalue weighted by molar-refractivity contribution is 5.99. The summed E-state index contributed by atoms with van der Waals surface area (Å²) in [5, 5.41) is 4.30. The largest absolute Gasteiger partial charge is 0.493 e. The van der Waals surface area contributed by atoms with Gasteiger partial charge in [-0.1, -0.05) is 31.0 Å². The van der Waals surface area contributed by atoms with Crippen LogP contribution in [0.25, 0.3) is 5.65 Å². The van der Waals surface area contributed by atoms with Gasteiger partial charge in [-0.15, -0.1) is 0 Å². The van der Waals surface area contributed by atoms with Crippen LogP contribution in [0.15, 0.2) is 73.3 Å². The van der Waals surface area contributed by atoms with Gasteiger partial charge in [-0.05, 0) is 48.7 Å². The number of ether oxygens (including phenoxy) is 1. The molecule has 0 N–H and O–H groups in total. The molecule has 168 valence electrons. The van der Waals surface area contributed by atoms with E-state index in [9.17, 15) is 4.79 Å². The van der Waals surface area contributed by atoms with Crippen molar-refractivity contribution in [1.82, 2.24) is 24.5 Å². The first-order chi connectivity index (χ1) is 16.3. The maximum absolute atomic E-state index is 13.6. The summed E-state index contributed by atoms with van der Waals surface area (Å²) in [6.07, 6.45) is 12.1. The molecule has 3 heterocycles. The quantitative estimate of drug-likeness (QED) is 0.407. The van der Waals surface area contributed by atoms with Gasteiger partial charge in [0.1, 0.15) is 11.3 Å². The summed E-state index contributed by atoms with van der Waals surface area (Å²) in [6.45, 7) is 1.13.